The maximum Gasteiger partial charge on any atom is 0.252 e. The van der Waals surface area contributed by atoms with Crippen LogP contribution in [-0.2, 0) is 13.0 Å². The summed E-state index contributed by atoms with van der Waals surface area (Å²) in [5, 5.41) is 7.35. The zero-order chi connectivity index (χ0) is 18.0. The number of carbonyl (C=O) groups excluding carboxylic acids is 1. The van der Waals surface area contributed by atoms with Crippen molar-refractivity contribution in [3.63, 3.8) is 0 Å². The largest absolute Gasteiger partial charge is 0.370 e. The molecule has 2 heterocycles. The number of nitrogens with zero attached hydrogens (tertiary/aromatic N) is 3. The predicted molar refractivity (Wildman–Crippen MR) is 98.6 cm³/mol. The summed E-state index contributed by atoms with van der Waals surface area (Å²) in [4.78, 5) is 15.9. The molecule has 1 aliphatic heterocycles. The highest BCUT2D eigenvalue weighted by Crippen LogP contribution is 2.23. The summed E-state index contributed by atoms with van der Waals surface area (Å²) in [6.07, 6.45) is 3.24. The number of aryl methyl sites for hydroxylation is 3. The van der Waals surface area contributed by atoms with E-state index in [1.165, 1.54) is 11.1 Å². The number of hydrogen-bond acceptors (Lipinski definition) is 3. The summed E-state index contributed by atoms with van der Waals surface area (Å²) in [5.74, 6) is 0.293. The second-order valence-electron chi connectivity index (χ2n) is 6.60. The number of carbonyl (C=O) groups is 1. The highest BCUT2D eigenvalue weighted by atomic mass is 16.1. The molecule has 1 atom stereocenters. The normalized spacial score (nSPS) is 17.2. The van der Waals surface area contributed by atoms with E-state index < -0.39 is 5.91 Å². The Bertz CT molecular complexity index is 823. The second kappa shape index (κ2) is 6.96. The molecule has 1 aliphatic rings. The minimum Gasteiger partial charge on any atom is -0.370 e. The Kier molecular flexibility index (Phi) is 4.74. The lowest BCUT2D eigenvalue weighted by atomic mass is 9.94. The lowest BCUT2D eigenvalue weighted by Gasteiger charge is -2.22. The van der Waals surface area contributed by atoms with E-state index in [9.17, 15) is 4.79 Å². The Morgan fingerprint density at radius 2 is 2.16 bits per heavy atom. The van der Waals surface area contributed by atoms with Gasteiger partial charge in [-0.15, -0.1) is 0 Å². The SMILES string of the molecule is Cc1ccc(NC(N)=NCC2CCn3ncc(C(N)=O)c3C2)cc1C. The van der Waals surface area contributed by atoms with Crippen molar-refractivity contribution in [1.82, 2.24) is 9.78 Å². The Morgan fingerprint density at radius 3 is 2.88 bits per heavy atom. The van der Waals surface area contributed by atoms with E-state index in [4.69, 9.17) is 11.5 Å². The van der Waals surface area contributed by atoms with Crippen LogP contribution in [0.4, 0.5) is 5.69 Å². The average Bonchev–Trinajstić information content (AvgIpc) is 3.00. The zero-order valence-corrected chi connectivity index (χ0v) is 14.6. The van der Waals surface area contributed by atoms with Gasteiger partial charge >= 0.3 is 0 Å². The van der Waals surface area contributed by atoms with Crippen LogP contribution >= 0.6 is 0 Å². The molecular weight excluding hydrogens is 316 g/mol. The number of anilines is 1. The smallest absolute Gasteiger partial charge is 0.252 e. The highest BCUT2D eigenvalue weighted by molar-refractivity contribution is 5.94. The first-order valence-electron chi connectivity index (χ1n) is 8.42. The van der Waals surface area contributed by atoms with Crippen LogP contribution < -0.4 is 16.8 Å². The number of rotatable bonds is 4. The summed E-state index contributed by atoms with van der Waals surface area (Å²) < 4.78 is 1.86. The third kappa shape index (κ3) is 3.81. The topological polar surface area (TPSA) is 111 Å². The minimum absolute atomic E-state index is 0.322. The van der Waals surface area contributed by atoms with Gasteiger partial charge in [-0.1, -0.05) is 6.07 Å². The first-order valence-corrected chi connectivity index (χ1v) is 8.42. The van der Waals surface area contributed by atoms with Gasteiger partial charge in [-0.3, -0.25) is 14.5 Å². The molecule has 5 N–H and O–H groups in total. The maximum atomic E-state index is 11.5. The van der Waals surface area contributed by atoms with Gasteiger partial charge in [0.1, 0.15) is 0 Å². The third-order valence-electron chi connectivity index (χ3n) is 4.74. The molecule has 7 heteroatoms. The summed E-state index contributed by atoms with van der Waals surface area (Å²) >= 11 is 0. The minimum atomic E-state index is -0.429. The van der Waals surface area contributed by atoms with Gasteiger partial charge in [0.2, 0.25) is 0 Å². The van der Waals surface area contributed by atoms with Crippen LogP contribution in [0.1, 0.15) is 33.6 Å². The fourth-order valence-electron chi connectivity index (χ4n) is 3.09. The molecular formula is C18H24N6O. The lowest BCUT2D eigenvalue weighted by Crippen LogP contribution is -2.27. The standard InChI is InChI=1S/C18H24N6O/c1-11-3-4-14(7-12(11)2)23-18(20)21-9-13-5-6-24-16(8-13)15(10-22-24)17(19)25/h3-4,7,10,13H,5-6,8-9H2,1-2H3,(H2,19,25)(H3,20,21,23). The van der Waals surface area contributed by atoms with Gasteiger partial charge in [0, 0.05) is 18.8 Å². The highest BCUT2D eigenvalue weighted by Gasteiger charge is 2.24. The van der Waals surface area contributed by atoms with Gasteiger partial charge in [-0.25, -0.2) is 0 Å². The molecule has 0 spiro atoms. The van der Waals surface area contributed by atoms with E-state index in [1.54, 1.807) is 6.20 Å². The quantitative estimate of drug-likeness (QED) is 0.579. The van der Waals surface area contributed by atoms with Gasteiger partial charge in [-0.2, -0.15) is 5.10 Å². The molecule has 25 heavy (non-hydrogen) atoms. The van der Waals surface area contributed by atoms with E-state index in [0.29, 0.717) is 24.0 Å². The van der Waals surface area contributed by atoms with Crippen LogP contribution in [0.3, 0.4) is 0 Å². The van der Waals surface area contributed by atoms with Crippen LogP contribution in [0, 0.1) is 19.8 Å². The number of aliphatic imine (C=N–C) groups is 1. The molecule has 2 aromatic rings. The molecule has 0 bridgehead atoms. The van der Waals surface area contributed by atoms with Crippen molar-refractivity contribution in [2.45, 2.75) is 33.2 Å². The second-order valence-corrected chi connectivity index (χ2v) is 6.60. The van der Waals surface area contributed by atoms with Crippen LogP contribution in [-0.4, -0.2) is 28.2 Å². The number of nitrogens with two attached hydrogens (primary N) is 2. The van der Waals surface area contributed by atoms with E-state index in [0.717, 1.165) is 30.8 Å². The molecule has 0 saturated carbocycles. The van der Waals surface area contributed by atoms with Crippen molar-refractivity contribution in [2.24, 2.45) is 22.4 Å². The third-order valence-corrected chi connectivity index (χ3v) is 4.74. The van der Waals surface area contributed by atoms with Gasteiger partial charge in [-0.05, 0) is 55.9 Å². The average molecular weight is 340 g/mol. The molecule has 1 aromatic carbocycles. The first-order chi connectivity index (χ1) is 11.9. The predicted octanol–water partition coefficient (Wildman–Crippen LogP) is 1.59. The summed E-state index contributed by atoms with van der Waals surface area (Å²) in [5.41, 5.74) is 16.2. The van der Waals surface area contributed by atoms with Gasteiger partial charge in [0.25, 0.3) is 5.91 Å². The molecule has 0 fully saturated rings. The number of hydrogen-bond donors (Lipinski definition) is 3. The molecule has 0 saturated heterocycles. The number of benzene rings is 1. The van der Waals surface area contributed by atoms with Crippen molar-refractivity contribution >= 4 is 17.6 Å². The van der Waals surface area contributed by atoms with Crippen LogP contribution in [0.25, 0.3) is 0 Å². The van der Waals surface area contributed by atoms with E-state index in [1.807, 2.05) is 10.7 Å². The summed E-state index contributed by atoms with van der Waals surface area (Å²) in [6.45, 7) is 5.51. The van der Waals surface area contributed by atoms with Crippen molar-refractivity contribution in [1.29, 1.82) is 0 Å². The van der Waals surface area contributed by atoms with E-state index in [2.05, 4.69) is 41.4 Å². The lowest BCUT2D eigenvalue weighted by molar-refractivity contribution is 0.0998. The van der Waals surface area contributed by atoms with Crippen LogP contribution in [0.5, 0.6) is 0 Å². The van der Waals surface area contributed by atoms with Crippen molar-refractivity contribution < 1.29 is 4.79 Å². The maximum absolute atomic E-state index is 11.5. The molecule has 1 unspecified atom stereocenters. The zero-order valence-electron chi connectivity index (χ0n) is 14.6. The van der Waals surface area contributed by atoms with E-state index in [-0.39, 0.29) is 0 Å². The Morgan fingerprint density at radius 1 is 1.36 bits per heavy atom. The summed E-state index contributed by atoms with van der Waals surface area (Å²) in [7, 11) is 0. The van der Waals surface area contributed by atoms with Crippen molar-refractivity contribution in [2.75, 3.05) is 11.9 Å². The van der Waals surface area contributed by atoms with Gasteiger partial charge in [0.15, 0.2) is 5.96 Å². The Balaban J connectivity index is 1.62. The van der Waals surface area contributed by atoms with Crippen LogP contribution in [0.2, 0.25) is 0 Å². The fraction of sp³-hybridized carbons (Fsp3) is 0.389. The van der Waals surface area contributed by atoms with E-state index >= 15 is 0 Å². The van der Waals surface area contributed by atoms with Crippen molar-refractivity contribution in [3.8, 4) is 0 Å². The fourth-order valence-corrected chi connectivity index (χ4v) is 3.09. The number of nitrogens with one attached hydrogen (secondary N) is 1. The number of amides is 1. The Labute approximate surface area is 147 Å². The number of fused-ring (bicyclic) bond motifs is 1. The molecule has 0 aliphatic carbocycles. The monoisotopic (exact) mass is 340 g/mol. The molecule has 132 valence electrons. The van der Waals surface area contributed by atoms with Crippen molar-refractivity contribution in [3.05, 3.63) is 46.8 Å². The summed E-state index contributed by atoms with van der Waals surface area (Å²) in [6, 6.07) is 6.09. The van der Waals surface area contributed by atoms with Gasteiger partial charge in [0.05, 0.1) is 17.5 Å². The first kappa shape index (κ1) is 17.0. The Hall–Kier alpha value is -2.83. The number of primary amides is 1. The number of guanidine groups is 1. The molecule has 1 aromatic heterocycles. The molecule has 1 amide bonds. The molecule has 3 rings (SSSR count). The number of aromatic nitrogens is 2. The molecule has 7 nitrogen and oxygen atoms in total. The molecule has 0 radical (unpaired) electrons. The van der Waals surface area contributed by atoms with Gasteiger partial charge < -0.3 is 16.8 Å². The van der Waals surface area contributed by atoms with Crippen LogP contribution in [0.15, 0.2) is 29.4 Å².